The fourth-order valence-corrected chi connectivity index (χ4v) is 2.56. The number of alkyl halides is 3. The highest BCUT2D eigenvalue weighted by Gasteiger charge is 2.31. The molecule has 0 saturated carbocycles. The minimum atomic E-state index is -4.76. The number of ether oxygens (including phenoxy) is 2. The summed E-state index contributed by atoms with van der Waals surface area (Å²) in [6.45, 7) is 3.75. The van der Waals surface area contributed by atoms with Crippen molar-refractivity contribution in [1.29, 1.82) is 0 Å². The van der Waals surface area contributed by atoms with E-state index >= 15 is 0 Å². The van der Waals surface area contributed by atoms with Gasteiger partial charge in [0.25, 0.3) is 0 Å². The van der Waals surface area contributed by atoms with E-state index in [1.165, 1.54) is 23.5 Å². The molecule has 0 atom stereocenters. The van der Waals surface area contributed by atoms with Crippen molar-refractivity contribution in [3.63, 3.8) is 0 Å². The second-order valence-electron chi connectivity index (χ2n) is 4.39. The third-order valence-corrected chi connectivity index (χ3v) is 3.70. The van der Waals surface area contributed by atoms with E-state index in [4.69, 9.17) is 4.74 Å². The smallest absolute Gasteiger partial charge is 0.456 e. The monoisotopic (exact) mass is 331 g/mol. The van der Waals surface area contributed by atoms with E-state index in [0.717, 1.165) is 27.7 Å². The molecule has 2 aromatic rings. The highest BCUT2D eigenvalue weighted by molar-refractivity contribution is 7.11. The third-order valence-electron chi connectivity index (χ3n) is 2.66. The van der Waals surface area contributed by atoms with Crippen LogP contribution in [-0.4, -0.2) is 17.3 Å². The molecule has 0 N–H and O–H groups in total. The number of halogens is 3. The molecule has 2 rings (SSSR count). The average Bonchev–Trinajstić information content (AvgIpc) is 2.73. The Morgan fingerprint density at radius 1 is 1.23 bits per heavy atom. The van der Waals surface area contributed by atoms with Crippen LogP contribution in [0.2, 0.25) is 0 Å². The van der Waals surface area contributed by atoms with Gasteiger partial charge in [0.1, 0.15) is 12.4 Å². The van der Waals surface area contributed by atoms with E-state index in [1.54, 1.807) is 0 Å². The summed E-state index contributed by atoms with van der Waals surface area (Å²) in [5.41, 5.74) is 0.942. The molecule has 1 aromatic carbocycles. The summed E-state index contributed by atoms with van der Waals surface area (Å²) in [6.07, 6.45) is -4.76. The molecular formula is C14H12F3NO3S. The van der Waals surface area contributed by atoms with Crippen molar-refractivity contribution in [2.24, 2.45) is 0 Å². The normalized spacial score (nSPS) is 11.3. The first-order valence-electron chi connectivity index (χ1n) is 6.20. The molecule has 0 amide bonds. The molecule has 0 spiro atoms. The zero-order valence-electron chi connectivity index (χ0n) is 11.7. The summed E-state index contributed by atoms with van der Waals surface area (Å²) in [4.78, 5) is 16.9. The summed E-state index contributed by atoms with van der Waals surface area (Å²) < 4.78 is 44.9. The fraction of sp³-hybridized carbons (Fsp3) is 0.286. The maximum atomic E-state index is 12.0. The quantitative estimate of drug-likeness (QED) is 0.794. The van der Waals surface area contributed by atoms with Crippen molar-refractivity contribution < 1.29 is 27.4 Å². The zero-order valence-corrected chi connectivity index (χ0v) is 12.5. The number of thiazole rings is 1. The summed E-state index contributed by atoms with van der Waals surface area (Å²) in [6, 6.07) is 4.56. The Kier molecular flexibility index (Phi) is 4.70. The highest BCUT2D eigenvalue weighted by Crippen LogP contribution is 2.23. The van der Waals surface area contributed by atoms with Crippen molar-refractivity contribution in [3.8, 4) is 5.75 Å². The molecule has 0 unspecified atom stereocenters. The number of esters is 1. The van der Waals surface area contributed by atoms with Gasteiger partial charge in [0, 0.05) is 0 Å². The minimum Gasteiger partial charge on any atom is -0.456 e. The van der Waals surface area contributed by atoms with Gasteiger partial charge in [-0.3, -0.25) is 0 Å². The summed E-state index contributed by atoms with van der Waals surface area (Å²) >= 11 is 1.43. The largest absolute Gasteiger partial charge is 0.573 e. The number of carbonyl (C=O) groups excluding carboxylic acids is 1. The summed E-state index contributed by atoms with van der Waals surface area (Å²) in [5, 5.41) is 0.872. The molecule has 1 aromatic heterocycles. The molecule has 0 fully saturated rings. The number of hydrogen-bond acceptors (Lipinski definition) is 5. The lowest BCUT2D eigenvalue weighted by Gasteiger charge is -2.09. The van der Waals surface area contributed by atoms with Gasteiger partial charge in [-0.25, -0.2) is 9.78 Å². The maximum Gasteiger partial charge on any atom is 0.573 e. The van der Waals surface area contributed by atoms with Crippen LogP contribution in [-0.2, 0) is 11.3 Å². The lowest BCUT2D eigenvalue weighted by Crippen LogP contribution is -2.17. The van der Waals surface area contributed by atoms with Crippen LogP contribution in [0, 0.1) is 13.8 Å². The van der Waals surface area contributed by atoms with E-state index < -0.39 is 18.1 Å². The fourth-order valence-electron chi connectivity index (χ4n) is 1.71. The Hall–Kier alpha value is -2.09. The molecule has 4 nitrogen and oxygen atoms in total. The molecule has 0 aliphatic carbocycles. The lowest BCUT2D eigenvalue weighted by molar-refractivity contribution is -0.274. The van der Waals surface area contributed by atoms with Gasteiger partial charge < -0.3 is 9.47 Å². The predicted molar refractivity (Wildman–Crippen MR) is 73.8 cm³/mol. The predicted octanol–water partition coefficient (Wildman–Crippen LogP) is 4.02. The number of hydrogen-bond donors (Lipinski definition) is 0. The summed E-state index contributed by atoms with van der Waals surface area (Å²) in [5.74, 6) is -1.01. The van der Waals surface area contributed by atoms with Gasteiger partial charge in [-0.05, 0) is 38.1 Å². The van der Waals surface area contributed by atoms with Crippen LogP contribution in [0.25, 0.3) is 0 Å². The van der Waals surface area contributed by atoms with Crippen LogP contribution < -0.4 is 4.74 Å². The van der Waals surface area contributed by atoms with Crippen molar-refractivity contribution in [2.45, 2.75) is 26.8 Å². The van der Waals surface area contributed by atoms with Crippen LogP contribution in [0.3, 0.4) is 0 Å². The second kappa shape index (κ2) is 6.35. The van der Waals surface area contributed by atoms with Gasteiger partial charge >= 0.3 is 12.3 Å². The Labute approximate surface area is 128 Å². The van der Waals surface area contributed by atoms with Gasteiger partial charge in [-0.2, -0.15) is 0 Å². The first-order valence-corrected chi connectivity index (χ1v) is 7.02. The first-order chi connectivity index (χ1) is 10.2. The number of rotatable bonds is 4. The van der Waals surface area contributed by atoms with E-state index in [0.29, 0.717) is 0 Å². The first kappa shape index (κ1) is 16.3. The number of carbonyl (C=O) groups is 1. The van der Waals surface area contributed by atoms with Gasteiger partial charge in [-0.15, -0.1) is 24.5 Å². The van der Waals surface area contributed by atoms with Crippen molar-refractivity contribution >= 4 is 17.3 Å². The van der Waals surface area contributed by atoms with Gasteiger partial charge in [-0.1, -0.05) is 0 Å². The van der Waals surface area contributed by atoms with Crippen LogP contribution in [0.1, 0.15) is 25.9 Å². The Balaban J connectivity index is 1.96. The van der Waals surface area contributed by atoms with Gasteiger partial charge in [0.15, 0.2) is 0 Å². The highest BCUT2D eigenvalue weighted by atomic mass is 32.1. The maximum absolute atomic E-state index is 12.0. The third kappa shape index (κ3) is 4.45. The molecule has 0 saturated heterocycles. The molecule has 118 valence electrons. The van der Waals surface area contributed by atoms with Gasteiger partial charge in [0.2, 0.25) is 0 Å². The van der Waals surface area contributed by atoms with Crippen LogP contribution >= 0.6 is 11.3 Å². The second-order valence-corrected chi connectivity index (χ2v) is 5.68. The molecule has 1 heterocycles. The Bertz CT molecular complexity index is 665. The Morgan fingerprint density at radius 3 is 2.36 bits per heavy atom. The molecule has 0 aliphatic heterocycles. The SMILES string of the molecule is Cc1nc(C)c(COC(=O)c2ccc(OC(F)(F)F)cc2)s1. The van der Waals surface area contributed by atoms with Crippen LogP contribution in [0.4, 0.5) is 13.2 Å². The van der Waals surface area contributed by atoms with E-state index in [2.05, 4.69) is 9.72 Å². The van der Waals surface area contributed by atoms with E-state index in [1.807, 2.05) is 13.8 Å². The molecule has 0 radical (unpaired) electrons. The average molecular weight is 331 g/mol. The number of benzene rings is 1. The Morgan fingerprint density at radius 2 is 1.86 bits per heavy atom. The molecule has 0 aliphatic rings. The molecular weight excluding hydrogens is 319 g/mol. The molecule has 22 heavy (non-hydrogen) atoms. The zero-order chi connectivity index (χ0) is 16.3. The van der Waals surface area contributed by atoms with E-state index in [9.17, 15) is 18.0 Å². The number of aryl methyl sites for hydroxylation is 2. The molecule has 8 heteroatoms. The molecule has 0 bridgehead atoms. The summed E-state index contributed by atoms with van der Waals surface area (Å²) in [7, 11) is 0. The standard InChI is InChI=1S/C14H12F3NO3S/c1-8-12(22-9(2)18-8)7-20-13(19)10-3-5-11(6-4-10)21-14(15,16)17/h3-6H,7H2,1-2H3. The van der Waals surface area contributed by atoms with Crippen LogP contribution in [0.5, 0.6) is 5.75 Å². The van der Waals surface area contributed by atoms with Crippen LogP contribution in [0.15, 0.2) is 24.3 Å². The number of nitrogens with zero attached hydrogens (tertiary/aromatic N) is 1. The van der Waals surface area contributed by atoms with Crippen molar-refractivity contribution in [2.75, 3.05) is 0 Å². The van der Waals surface area contributed by atoms with E-state index in [-0.39, 0.29) is 12.2 Å². The number of aromatic nitrogens is 1. The van der Waals surface area contributed by atoms with Crippen molar-refractivity contribution in [1.82, 2.24) is 4.98 Å². The van der Waals surface area contributed by atoms with Gasteiger partial charge in [0.05, 0.1) is 21.1 Å². The minimum absolute atomic E-state index is 0.0803. The van der Waals surface area contributed by atoms with Crippen molar-refractivity contribution in [3.05, 3.63) is 45.4 Å². The lowest BCUT2D eigenvalue weighted by atomic mass is 10.2. The topological polar surface area (TPSA) is 48.4 Å².